The van der Waals surface area contributed by atoms with Crippen molar-refractivity contribution in [1.29, 1.82) is 0 Å². The van der Waals surface area contributed by atoms with Crippen LogP contribution in [0, 0.1) is 5.92 Å². The minimum Gasteiger partial charge on any atom is -0.393 e. The molecule has 0 aliphatic heterocycles. The fraction of sp³-hybridized carbons (Fsp3) is 1.00. The molecule has 2 atom stereocenters. The molecule has 0 aromatic heterocycles. The lowest BCUT2D eigenvalue weighted by Gasteiger charge is -2.13. The highest BCUT2D eigenvalue weighted by molar-refractivity contribution is 7.90. The Labute approximate surface area is 85.8 Å². The van der Waals surface area contributed by atoms with Crippen molar-refractivity contribution in [3.63, 3.8) is 0 Å². The fourth-order valence-electron chi connectivity index (χ4n) is 1.63. The maximum Gasteiger partial charge on any atom is 0.213 e. The van der Waals surface area contributed by atoms with E-state index >= 15 is 0 Å². The van der Waals surface area contributed by atoms with Crippen LogP contribution in [0.1, 0.15) is 33.1 Å². The molecule has 0 saturated heterocycles. The van der Waals surface area contributed by atoms with Gasteiger partial charge in [0.15, 0.2) is 0 Å². The number of aliphatic hydroxyl groups excluding tert-OH is 1. The molecule has 0 spiro atoms. The molecule has 14 heavy (non-hydrogen) atoms. The number of hydrogen-bond acceptors (Lipinski definition) is 3. The highest BCUT2D eigenvalue weighted by Crippen LogP contribution is 2.24. The van der Waals surface area contributed by atoms with Gasteiger partial charge in [0.1, 0.15) is 0 Å². The molecule has 0 aromatic carbocycles. The first-order chi connectivity index (χ1) is 6.42. The summed E-state index contributed by atoms with van der Waals surface area (Å²) in [4.78, 5) is 0. The number of aliphatic hydroxyl groups is 1. The standard InChI is InChI=1S/C9H19NO3S/c1-7(2)14(12,13)10-6-8-3-4-9(11)5-8/h7-11H,3-6H2,1-2H3. The minimum absolute atomic E-state index is 0.233. The molecule has 1 saturated carbocycles. The Morgan fingerprint density at radius 3 is 2.50 bits per heavy atom. The maximum atomic E-state index is 11.4. The Hall–Kier alpha value is -0.130. The second-order valence-corrected chi connectivity index (χ2v) is 6.60. The summed E-state index contributed by atoms with van der Waals surface area (Å²) in [5, 5.41) is 8.88. The molecule has 0 amide bonds. The van der Waals surface area contributed by atoms with Crippen LogP contribution in [0.3, 0.4) is 0 Å². The zero-order valence-electron chi connectivity index (χ0n) is 8.73. The summed E-state index contributed by atoms with van der Waals surface area (Å²) in [6.45, 7) is 3.79. The molecular formula is C9H19NO3S. The third-order valence-electron chi connectivity index (χ3n) is 2.71. The zero-order chi connectivity index (χ0) is 10.8. The van der Waals surface area contributed by atoms with Crippen LogP contribution in [-0.2, 0) is 10.0 Å². The fourth-order valence-corrected chi connectivity index (χ4v) is 2.44. The van der Waals surface area contributed by atoms with Gasteiger partial charge in [0, 0.05) is 6.54 Å². The van der Waals surface area contributed by atoms with E-state index in [-0.39, 0.29) is 11.4 Å². The van der Waals surface area contributed by atoms with Crippen molar-refractivity contribution >= 4 is 10.0 Å². The molecule has 5 heteroatoms. The lowest BCUT2D eigenvalue weighted by Crippen LogP contribution is -2.34. The topological polar surface area (TPSA) is 66.4 Å². The number of hydrogen-bond donors (Lipinski definition) is 2. The van der Waals surface area contributed by atoms with Crippen molar-refractivity contribution in [2.24, 2.45) is 5.92 Å². The van der Waals surface area contributed by atoms with E-state index in [1.807, 2.05) is 0 Å². The van der Waals surface area contributed by atoms with Crippen LogP contribution in [0.15, 0.2) is 0 Å². The van der Waals surface area contributed by atoms with Gasteiger partial charge in [0.25, 0.3) is 0 Å². The van der Waals surface area contributed by atoms with Crippen LogP contribution in [0.5, 0.6) is 0 Å². The second kappa shape index (κ2) is 4.59. The smallest absolute Gasteiger partial charge is 0.213 e. The van der Waals surface area contributed by atoms with Crippen molar-refractivity contribution < 1.29 is 13.5 Å². The molecule has 2 N–H and O–H groups in total. The SMILES string of the molecule is CC(C)S(=O)(=O)NCC1CCC(O)C1. The van der Waals surface area contributed by atoms with Crippen molar-refractivity contribution in [2.45, 2.75) is 44.5 Å². The first kappa shape index (κ1) is 11.9. The zero-order valence-corrected chi connectivity index (χ0v) is 9.55. The van der Waals surface area contributed by atoms with Gasteiger partial charge in [-0.2, -0.15) is 0 Å². The Morgan fingerprint density at radius 2 is 2.07 bits per heavy atom. The lowest BCUT2D eigenvalue weighted by atomic mass is 10.1. The van der Waals surface area contributed by atoms with Crippen LogP contribution in [0.4, 0.5) is 0 Å². The van der Waals surface area contributed by atoms with Crippen LogP contribution in [-0.4, -0.2) is 31.4 Å². The number of rotatable bonds is 4. The highest BCUT2D eigenvalue weighted by Gasteiger charge is 2.24. The Morgan fingerprint density at radius 1 is 1.43 bits per heavy atom. The van der Waals surface area contributed by atoms with E-state index < -0.39 is 10.0 Å². The van der Waals surface area contributed by atoms with E-state index in [1.165, 1.54) is 0 Å². The average molecular weight is 221 g/mol. The van der Waals surface area contributed by atoms with Crippen LogP contribution >= 0.6 is 0 Å². The van der Waals surface area contributed by atoms with Crippen LogP contribution in [0.2, 0.25) is 0 Å². The second-order valence-electron chi connectivity index (χ2n) is 4.28. The van der Waals surface area contributed by atoms with Gasteiger partial charge < -0.3 is 5.11 Å². The molecule has 1 fully saturated rings. The summed E-state index contributed by atoms with van der Waals surface area (Å²) in [5.41, 5.74) is 0. The molecule has 0 aromatic rings. The lowest BCUT2D eigenvalue weighted by molar-refractivity contribution is 0.178. The van der Waals surface area contributed by atoms with Gasteiger partial charge in [-0.15, -0.1) is 0 Å². The molecule has 1 aliphatic carbocycles. The van der Waals surface area contributed by atoms with Crippen molar-refractivity contribution in [3.8, 4) is 0 Å². The van der Waals surface area contributed by atoms with Crippen molar-refractivity contribution in [2.75, 3.05) is 6.54 Å². The monoisotopic (exact) mass is 221 g/mol. The number of sulfonamides is 1. The van der Waals surface area contributed by atoms with Crippen molar-refractivity contribution in [3.05, 3.63) is 0 Å². The van der Waals surface area contributed by atoms with Crippen LogP contribution in [0.25, 0.3) is 0 Å². The summed E-state index contributed by atoms with van der Waals surface area (Å²) >= 11 is 0. The first-order valence-corrected chi connectivity index (χ1v) is 6.63. The molecule has 2 unspecified atom stereocenters. The number of nitrogens with one attached hydrogen (secondary N) is 1. The van der Waals surface area contributed by atoms with Gasteiger partial charge in [-0.1, -0.05) is 0 Å². The molecular weight excluding hydrogens is 202 g/mol. The molecule has 4 nitrogen and oxygen atoms in total. The molecule has 0 radical (unpaired) electrons. The Bertz CT molecular complexity index is 274. The van der Waals surface area contributed by atoms with Crippen molar-refractivity contribution in [1.82, 2.24) is 4.72 Å². The van der Waals surface area contributed by atoms with E-state index in [2.05, 4.69) is 4.72 Å². The Kier molecular flexibility index (Phi) is 3.92. The summed E-state index contributed by atoms with van der Waals surface area (Å²) in [6, 6.07) is 0. The minimum atomic E-state index is -3.13. The molecule has 84 valence electrons. The largest absolute Gasteiger partial charge is 0.393 e. The quantitative estimate of drug-likeness (QED) is 0.725. The van der Waals surface area contributed by atoms with E-state index in [0.717, 1.165) is 19.3 Å². The van der Waals surface area contributed by atoms with E-state index in [1.54, 1.807) is 13.8 Å². The molecule has 1 rings (SSSR count). The van der Waals surface area contributed by atoms with Gasteiger partial charge in [-0.05, 0) is 39.0 Å². The molecule has 1 aliphatic rings. The third-order valence-corrected chi connectivity index (χ3v) is 4.52. The predicted molar refractivity (Wildman–Crippen MR) is 55.4 cm³/mol. The summed E-state index contributed by atoms with van der Waals surface area (Å²) < 4.78 is 25.4. The predicted octanol–water partition coefficient (Wildman–Crippen LogP) is 0.475. The van der Waals surface area contributed by atoms with Crippen LogP contribution < -0.4 is 4.72 Å². The third kappa shape index (κ3) is 3.22. The average Bonchev–Trinajstić information content (AvgIpc) is 2.48. The van der Waals surface area contributed by atoms with Gasteiger partial charge in [-0.25, -0.2) is 13.1 Å². The van der Waals surface area contributed by atoms with E-state index in [0.29, 0.717) is 12.5 Å². The van der Waals surface area contributed by atoms with E-state index in [9.17, 15) is 13.5 Å². The van der Waals surface area contributed by atoms with Gasteiger partial charge in [0.05, 0.1) is 11.4 Å². The maximum absolute atomic E-state index is 11.4. The van der Waals surface area contributed by atoms with Gasteiger partial charge >= 0.3 is 0 Å². The summed E-state index contributed by atoms with van der Waals surface area (Å²) in [5.74, 6) is 0.304. The normalized spacial score (nSPS) is 28.6. The summed E-state index contributed by atoms with van der Waals surface area (Å²) in [7, 11) is -3.13. The van der Waals surface area contributed by atoms with Gasteiger partial charge in [-0.3, -0.25) is 0 Å². The highest BCUT2D eigenvalue weighted by atomic mass is 32.2. The molecule has 0 heterocycles. The van der Waals surface area contributed by atoms with E-state index in [4.69, 9.17) is 0 Å². The molecule has 0 bridgehead atoms. The van der Waals surface area contributed by atoms with Gasteiger partial charge in [0.2, 0.25) is 10.0 Å². The summed E-state index contributed by atoms with van der Waals surface area (Å²) in [6.07, 6.45) is 2.21. The first-order valence-electron chi connectivity index (χ1n) is 5.08. The Balaban J connectivity index is 2.34.